The lowest BCUT2D eigenvalue weighted by atomic mass is 10.0. The Morgan fingerprint density at radius 1 is 0.353 bits per heavy atom. The summed E-state index contributed by atoms with van der Waals surface area (Å²) in [5.74, 6) is 0.905. The highest BCUT2D eigenvalue weighted by molar-refractivity contribution is 7.98. The Hall–Kier alpha value is -8.16. The first-order valence-electron chi connectivity index (χ1n) is 23.3. The summed E-state index contributed by atoms with van der Waals surface area (Å²) in [6.45, 7) is 0. The Labute approximate surface area is 399 Å². The number of hydrogen-bond donors (Lipinski definition) is 0. The van der Waals surface area contributed by atoms with Gasteiger partial charge in [0.2, 0.25) is 0 Å². The van der Waals surface area contributed by atoms with E-state index in [9.17, 15) is 0 Å². The van der Waals surface area contributed by atoms with E-state index in [1.165, 1.54) is 86.7 Å². The summed E-state index contributed by atoms with van der Waals surface area (Å²) < 4.78 is 7.25. The second-order valence-electron chi connectivity index (χ2n) is 17.9. The number of nitrogens with zero attached hydrogens (tertiary/aromatic N) is 4. The molecule has 0 unspecified atom stereocenters. The monoisotopic (exact) mass is 902 g/mol. The number of benzene rings is 10. The molecule has 13 aromatic rings. The van der Waals surface area contributed by atoms with Crippen LogP contribution in [0.4, 0.5) is 0 Å². The van der Waals surface area contributed by atoms with Gasteiger partial charge >= 0.3 is 0 Å². The molecule has 6 heteroatoms. The quantitative estimate of drug-likeness (QED) is 0.118. The Bertz CT molecular complexity index is 4020. The summed E-state index contributed by atoms with van der Waals surface area (Å²) in [5, 5.41) is 11.4. The molecule has 0 saturated carbocycles. The smallest absolute Gasteiger partial charge is 0.179 e. The van der Waals surface area contributed by atoms with Crippen LogP contribution in [-0.2, 0) is 5.75 Å². The third kappa shape index (κ3) is 5.84. The number of rotatable bonds is 7. The number of thioether (sulfide) groups is 1. The number of fused-ring (bicyclic) bond motifs is 11. The van der Waals surface area contributed by atoms with E-state index < -0.39 is 8.07 Å². The summed E-state index contributed by atoms with van der Waals surface area (Å²) in [7, 11) is -2.99. The van der Waals surface area contributed by atoms with Crippen LogP contribution in [0.1, 0.15) is 5.56 Å². The predicted octanol–water partition coefficient (Wildman–Crippen LogP) is 12.9. The van der Waals surface area contributed by atoms with Crippen LogP contribution in [0.5, 0.6) is 0 Å². The highest BCUT2D eigenvalue weighted by Crippen LogP contribution is 2.40. The molecule has 0 N–H and O–H groups in total. The van der Waals surface area contributed by atoms with Crippen molar-refractivity contribution in [3.8, 4) is 28.2 Å². The number of imidazole rings is 1. The van der Waals surface area contributed by atoms with Gasteiger partial charge in [-0.3, -0.25) is 4.57 Å². The lowest BCUT2D eigenvalue weighted by molar-refractivity contribution is 0.895. The third-order valence-electron chi connectivity index (χ3n) is 14.3. The molecule has 14 rings (SSSR count). The van der Waals surface area contributed by atoms with E-state index in [0.717, 1.165) is 33.3 Å². The molecule has 0 amide bonds. The van der Waals surface area contributed by atoms with E-state index in [4.69, 9.17) is 4.98 Å². The van der Waals surface area contributed by atoms with Gasteiger partial charge in [0, 0.05) is 38.7 Å². The fourth-order valence-electron chi connectivity index (χ4n) is 11.3. The molecule has 0 aliphatic carbocycles. The topological polar surface area (TPSA) is 27.7 Å². The van der Waals surface area contributed by atoms with Gasteiger partial charge in [0.25, 0.3) is 0 Å². The average molecular weight is 903 g/mol. The van der Waals surface area contributed by atoms with Gasteiger partial charge in [0.15, 0.2) is 13.2 Å². The fraction of sp³-hybridized carbons (Fsp3) is 0.0161. The van der Waals surface area contributed by atoms with Crippen molar-refractivity contribution in [2.75, 3.05) is 0 Å². The van der Waals surface area contributed by atoms with Crippen LogP contribution >= 0.6 is 11.8 Å². The molecule has 0 saturated heterocycles. The third-order valence-corrected chi connectivity index (χ3v) is 20.0. The van der Waals surface area contributed by atoms with Crippen molar-refractivity contribution in [2.45, 2.75) is 10.9 Å². The van der Waals surface area contributed by atoms with Crippen LogP contribution in [0.25, 0.3) is 82.8 Å². The summed E-state index contributed by atoms with van der Waals surface area (Å²) in [6, 6.07) is 90.4. The number of aromatic nitrogens is 4. The van der Waals surface area contributed by atoms with E-state index in [0.29, 0.717) is 0 Å². The molecule has 0 spiro atoms. The van der Waals surface area contributed by atoms with E-state index in [1.54, 1.807) is 0 Å². The highest BCUT2D eigenvalue weighted by Gasteiger charge is 2.42. The molecule has 4 heterocycles. The Morgan fingerprint density at radius 3 is 1.54 bits per heavy atom. The minimum absolute atomic E-state index is 0.905. The summed E-state index contributed by atoms with van der Waals surface area (Å²) >= 11 is 1.81. The molecule has 0 atom stereocenters. The minimum atomic E-state index is -2.99. The second-order valence-corrected chi connectivity index (χ2v) is 22.6. The summed E-state index contributed by atoms with van der Waals surface area (Å²) in [6.07, 6.45) is 0. The van der Waals surface area contributed by atoms with Crippen molar-refractivity contribution < 1.29 is 0 Å². The number of hydrogen-bond acceptors (Lipinski definition) is 2. The first-order valence-corrected chi connectivity index (χ1v) is 26.3. The molecule has 0 bridgehead atoms. The van der Waals surface area contributed by atoms with Crippen molar-refractivity contribution in [3.63, 3.8) is 0 Å². The van der Waals surface area contributed by atoms with E-state index in [-0.39, 0.29) is 0 Å². The average Bonchev–Trinajstić information content (AvgIpc) is 4.07. The lowest BCUT2D eigenvalue weighted by Crippen LogP contribution is -2.74. The van der Waals surface area contributed by atoms with Crippen molar-refractivity contribution in [1.29, 1.82) is 0 Å². The van der Waals surface area contributed by atoms with Crippen molar-refractivity contribution in [2.24, 2.45) is 0 Å². The maximum Gasteiger partial charge on any atom is 0.179 e. The maximum atomic E-state index is 5.02. The van der Waals surface area contributed by atoms with Gasteiger partial charge in [0.1, 0.15) is 0 Å². The van der Waals surface area contributed by atoms with Crippen molar-refractivity contribution >= 4 is 95.2 Å². The van der Waals surface area contributed by atoms with Gasteiger partial charge in [-0.1, -0.05) is 188 Å². The van der Waals surface area contributed by atoms with Crippen LogP contribution < -0.4 is 20.7 Å². The normalized spacial score (nSPS) is 12.6. The molecule has 1 aliphatic heterocycles. The Kier molecular flexibility index (Phi) is 8.88. The summed E-state index contributed by atoms with van der Waals surface area (Å²) in [5.41, 5.74) is 14.2. The zero-order chi connectivity index (χ0) is 44.8. The van der Waals surface area contributed by atoms with Gasteiger partial charge in [0.05, 0.1) is 38.8 Å². The molecule has 1 aliphatic rings. The molecule has 68 heavy (non-hydrogen) atoms. The molecule has 3 aromatic heterocycles. The SMILES string of the molecule is c1ccc([Si](c2ccccc2)(c2cccc(-c3ccc4c(c3)-n3c(nc5ccccc53)SC4)c2)c2cccc(-n3c4ccccc4c4cc(-n5c6ccccc6c6ccccc65)ccc43)c2)cc1. The highest BCUT2D eigenvalue weighted by atomic mass is 32.2. The zero-order valence-electron chi connectivity index (χ0n) is 37.0. The van der Waals surface area contributed by atoms with Crippen LogP contribution in [0.2, 0.25) is 0 Å². The fourth-order valence-corrected chi connectivity index (χ4v) is 17.1. The lowest BCUT2D eigenvalue weighted by Gasteiger charge is -2.35. The van der Waals surface area contributed by atoms with Crippen LogP contribution in [0, 0.1) is 0 Å². The van der Waals surface area contributed by atoms with Crippen LogP contribution in [0.3, 0.4) is 0 Å². The molecule has 320 valence electrons. The van der Waals surface area contributed by atoms with Gasteiger partial charge in [-0.05, 0) is 104 Å². The van der Waals surface area contributed by atoms with Gasteiger partial charge in [-0.15, -0.1) is 0 Å². The van der Waals surface area contributed by atoms with E-state index in [2.05, 4.69) is 256 Å². The van der Waals surface area contributed by atoms with Crippen molar-refractivity contribution in [1.82, 2.24) is 18.7 Å². The van der Waals surface area contributed by atoms with Crippen LogP contribution in [0.15, 0.2) is 248 Å². The number of para-hydroxylation sites is 5. The minimum Gasteiger partial charge on any atom is -0.309 e. The molecular weight excluding hydrogens is 861 g/mol. The first kappa shape index (κ1) is 39.0. The largest absolute Gasteiger partial charge is 0.309 e. The molecule has 10 aromatic carbocycles. The Balaban J connectivity index is 0.968. The first-order chi connectivity index (χ1) is 33.7. The predicted molar refractivity (Wildman–Crippen MR) is 288 cm³/mol. The zero-order valence-corrected chi connectivity index (χ0v) is 38.8. The molecule has 0 fully saturated rings. The molecule has 0 radical (unpaired) electrons. The Morgan fingerprint density at radius 2 is 0.868 bits per heavy atom. The van der Waals surface area contributed by atoms with E-state index >= 15 is 0 Å². The maximum absolute atomic E-state index is 5.02. The van der Waals surface area contributed by atoms with Gasteiger partial charge in [-0.2, -0.15) is 0 Å². The van der Waals surface area contributed by atoms with Crippen molar-refractivity contribution in [3.05, 3.63) is 248 Å². The summed E-state index contributed by atoms with van der Waals surface area (Å²) in [4.78, 5) is 5.02. The van der Waals surface area contributed by atoms with E-state index in [1.807, 2.05) is 11.8 Å². The van der Waals surface area contributed by atoms with Gasteiger partial charge < -0.3 is 9.13 Å². The second kappa shape index (κ2) is 15.5. The molecular formula is C62H42N4SSi. The standard InChI is InChI=1S/C62H42N4SSi/c1-3-19-47(20-4-1)68(48-21-5-2-6-22-48,49-23-15-17-42(37-49)43-33-34-44-41-67-62-63-55-28-10-14-32-60(55)66(62)61(44)38-43)50-24-16-18-45(39-50)64-58-31-13-9-27-53(58)54-40-46(35-36-59(54)64)65-56-29-11-7-25-51(56)52-26-8-12-30-57(52)65/h1-40H,41H2. The molecule has 4 nitrogen and oxygen atoms in total. The van der Waals surface area contributed by atoms with Crippen LogP contribution in [-0.4, -0.2) is 26.8 Å². The van der Waals surface area contributed by atoms with Gasteiger partial charge in [-0.25, -0.2) is 4.98 Å².